The molecule has 1 unspecified atom stereocenters. The predicted molar refractivity (Wildman–Crippen MR) is 84.9 cm³/mol. The van der Waals surface area contributed by atoms with Gasteiger partial charge in [-0.2, -0.15) is 0 Å². The number of aromatic hydroxyl groups is 1. The second-order valence-electron chi connectivity index (χ2n) is 6.22. The maximum absolute atomic E-state index is 10.4. The van der Waals surface area contributed by atoms with Crippen molar-refractivity contribution in [2.45, 2.75) is 52.8 Å². The van der Waals surface area contributed by atoms with Crippen molar-refractivity contribution in [1.82, 2.24) is 15.0 Å². The number of aliphatic hydroxyl groups excluding tert-OH is 1. The molecule has 2 N–H and O–H groups in total. The molecule has 1 aliphatic rings. The van der Waals surface area contributed by atoms with Crippen LogP contribution in [0.1, 0.15) is 52.7 Å². The fourth-order valence-corrected chi connectivity index (χ4v) is 3.51. The molecular weight excluding hydrogens is 294 g/mol. The Morgan fingerprint density at radius 3 is 2.74 bits per heavy atom. The van der Waals surface area contributed by atoms with Crippen molar-refractivity contribution in [3.05, 3.63) is 40.0 Å². The summed E-state index contributed by atoms with van der Waals surface area (Å²) < 4.78 is 5.32. The third-order valence-corrected chi connectivity index (χ3v) is 4.75. The van der Waals surface area contributed by atoms with Gasteiger partial charge in [-0.25, -0.2) is 0 Å². The van der Waals surface area contributed by atoms with Gasteiger partial charge in [-0.3, -0.25) is 9.88 Å². The lowest BCUT2D eigenvalue weighted by molar-refractivity contribution is 0.235. The molecule has 1 aliphatic heterocycles. The van der Waals surface area contributed by atoms with Crippen LogP contribution in [-0.4, -0.2) is 31.8 Å². The third kappa shape index (κ3) is 2.84. The lowest BCUT2D eigenvalue weighted by atomic mass is 10.0. The highest BCUT2D eigenvalue weighted by Crippen LogP contribution is 2.38. The Kier molecular flexibility index (Phi) is 4.37. The van der Waals surface area contributed by atoms with E-state index in [0.29, 0.717) is 17.8 Å². The van der Waals surface area contributed by atoms with E-state index in [-0.39, 0.29) is 18.4 Å². The van der Waals surface area contributed by atoms with Crippen LogP contribution in [0.2, 0.25) is 0 Å². The molecular formula is C17H23N3O3. The van der Waals surface area contributed by atoms with Crippen molar-refractivity contribution in [3.8, 4) is 5.75 Å². The van der Waals surface area contributed by atoms with Gasteiger partial charge in [0.2, 0.25) is 0 Å². The highest BCUT2D eigenvalue weighted by Gasteiger charge is 2.31. The van der Waals surface area contributed by atoms with Crippen molar-refractivity contribution in [1.29, 1.82) is 0 Å². The van der Waals surface area contributed by atoms with Gasteiger partial charge < -0.3 is 14.7 Å². The highest BCUT2D eigenvalue weighted by molar-refractivity contribution is 5.41. The van der Waals surface area contributed by atoms with E-state index in [1.165, 1.54) is 0 Å². The van der Waals surface area contributed by atoms with E-state index < -0.39 is 0 Å². The van der Waals surface area contributed by atoms with Gasteiger partial charge in [0.1, 0.15) is 11.5 Å². The quantitative estimate of drug-likeness (QED) is 0.901. The smallest absolute Gasteiger partial charge is 0.141 e. The molecule has 3 heterocycles. The van der Waals surface area contributed by atoms with Crippen LogP contribution in [0.15, 0.2) is 10.7 Å². The summed E-state index contributed by atoms with van der Waals surface area (Å²) in [6.07, 6.45) is 3.78. The molecule has 0 aliphatic carbocycles. The van der Waals surface area contributed by atoms with Crippen LogP contribution < -0.4 is 0 Å². The van der Waals surface area contributed by atoms with E-state index in [9.17, 15) is 10.2 Å². The summed E-state index contributed by atoms with van der Waals surface area (Å²) in [6.45, 7) is 7.09. The minimum atomic E-state index is -0.125. The van der Waals surface area contributed by atoms with Crippen molar-refractivity contribution in [2.75, 3.05) is 6.54 Å². The van der Waals surface area contributed by atoms with Crippen molar-refractivity contribution in [2.24, 2.45) is 0 Å². The summed E-state index contributed by atoms with van der Waals surface area (Å²) in [5.74, 6) is 1.04. The molecule has 23 heavy (non-hydrogen) atoms. The van der Waals surface area contributed by atoms with E-state index >= 15 is 0 Å². The number of aryl methyl sites for hydroxylation is 3. The van der Waals surface area contributed by atoms with E-state index in [2.05, 4.69) is 15.0 Å². The highest BCUT2D eigenvalue weighted by atomic mass is 16.5. The number of aromatic nitrogens is 2. The average Bonchev–Trinajstić information content (AvgIpc) is 3.10. The summed E-state index contributed by atoms with van der Waals surface area (Å²) in [5, 5.41) is 24.0. The monoisotopic (exact) mass is 317 g/mol. The summed E-state index contributed by atoms with van der Waals surface area (Å²) in [7, 11) is 0. The van der Waals surface area contributed by atoms with Gasteiger partial charge in [0.05, 0.1) is 18.0 Å². The topological polar surface area (TPSA) is 82.6 Å². The Labute approximate surface area is 135 Å². The first kappa shape index (κ1) is 16.0. The van der Waals surface area contributed by atoms with Gasteiger partial charge >= 0.3 is 0 Å². The largest absolute Gasteiger partial charge is 0.506 e. The fourth-order valence-electron chi connectivity index (χ4n) is 3.51. The van der Waals surface area contributed by atoms with Crippen LogP contribution in [0.3, 0.4) is 0 Å². The maximum atomic E-state index is 10.4. The molecule has 3 rings (SSSR count). The van der Waals surface area contributed by atoms with Crippen LogP contribution >= 0.6 is 0 Å². The van der Waals surface area contributed by atoms with Crippen molar-refractivity contribution < 1.29 is 14.7 Å². The standard InChI is InChI=1S/C17H23N3O3/c1-10-16(12(3)23-19-10)15-5-4-6-20(15)8-14-13(9-21)7-18-11(2)17(14)22/h7,15,21-22H,4-6,8-9H2,1-3H3. The van der Waals surface area contributed by atoms with Crippen molar-refractivity contribution >= 4 is 0 Å². The molecule has 2 aromatic rings. The number of rotatable bonds is 4. The number of likely N-dealkylation sites (tertiary alicyclic amines) is 1. The minimum Gasteiger partial charge on any atom is -0.506 e. The number of hydrogen-bond donors (Lipinski definition) is 2. The van der Waals surface area contributed by atoms with Crippen LogP contribution in [0, 0.1) is 20.8 Å². The van der Waals surface area contributed by atoms with Gasteiger partial charge in [-0.1, -0.05) is 5.16 Å². The van der Waals surface area contributed by atoms with Crippen LogP contribution in [0.5, 0.6) is 5.75 Å². The number of pyridine rings is 1. The van der Waals surface area contributed by atoms with Crippen LogP contribution in [-0.2, 0) is 13.2 Å². The number of hydrogen-bond acceptors (Lipinski definition) is 6. The SMILES string of the molecule is Cc1ncc(CO)c(CN2CCCC2c2c(C)noc2C)c1O. The van der Waals surface area contributed by atoms with E-state index in [1.807, 2.05) is 13.8 Å². The first-order valence-corrected chi connectivity index (χ1v) is 7.97. The minimum absolute atomic E-state index is 0.125. The molecule has 0 radical (unpaired) electrons. The Balaban J connectivity index is 1.92. The zero-order valence-corrected chi connectivity index (χ0v) is 13.8. The first-order chi connectivity index (χ1) is 11.0. The zero-order chi connectivity index (χ0) is 16.6. The van der Waals surface area contributed by atoms with Crippen LogP contribution in [0.4, 0.5) is 0 Å². The molecule has 0 aromatic carbocycles. The second kappa shape index (κ2) is 6.29. The molecule has 0 saturated carbocycles. The molecule has 2 aromatic heterocycles. The van der Waals surface area contributed by atoms with E-state index in [4.69, 9.17) is 4.52 Å². The zero-order valence-electron chi connectivity index (χ0n) is 13.8. The molecule has 6 heteroatoms. The van der Waals surface area contributed by atoms with Crippen molar-refractivity contribution in [3.63, 3.8) is 0 Å². The molecule has 0 spiro atoms. The fraction of sp³-hybridized carbons (Fsp3) is 0.529. The molecule has 1 fully saturated rings. The summed E-state index contributed by atoms with van der Waals surface area (Å²) >= 11 is 0. The molecule has 6 nitrogen and oxygen atoms in total. The summed E-state index contributed by atoms with van der Waals surface area (Å²) in [5.41, 5.74) is 4.11. The van der Waals surface area contributed by atoms with Gasteiger partial charge in [-0.05, 0) is 40.2 Å². The lowest BCUT2D eigenvalue weighted by Gasteiger charge is -2.26. The first-order valence-electron chi connectivity index (χ1n) is 7.97. The predicted octanol–water partition coefficient (Wildman–Crippen LogP) is 2.53. The number of nitrogens with zero attached hydrogens (tertiary/aromatic N) is 3. The molecule has 1 saturated heterocycles. The molecule has 1 atom stereocenters. The van der Waals surface area contributed by atoms with Gasteiger partial charge in [-0.15, -0.1) is 0 Å². The Hall–Kier alpha value is -1.92. The molecule has 124 valence electrons. The Morgan fingerprint density at radius 2 is 2.09 bits per heavy atom. The second-order valence-corrected chi connectivity index (χ2v) is 6.22. The normalized spacial score (nSPS) is 18.7. The molecule has 0 bridgehead atoms. The van der Waals surface area contributed by atoms with Gasteiger partial charge in [0.25, 0.3) is 0 Å². The molecule has 0 amide bonds. The van der Waals surface area contributed by atoms with Crippen LogP contribution in [0.25, 0.3) is 0 Å². The Morgan fingerprint density at radius 1 is 1.30 bits per heavy atom. The van der Waals surface area contributed by atoms with E-state index in [1.54, 1.807) is 13.1 Å². The van der Waals surface area contributed by atoms with E-state index in [0.717, 1.165) is 42.0 Å². The van der Waals surface area contributed by atoms with Gasteiger partial charge in [0.15, 0.2) is 0 Å². The number of aliphatic hydroxyl groups is 1. The third-order valence-electron chi connectivity index (χ3n) is 4.75. The summed E-state index contributed by atoms with van der Waals surface area (Å²) in [6, 6.07) is 0.237. The maximum Gasteiger partial charge on any atom is 0.141 e. The lowest BCUT2D eigenvalue weighted by Crippen LogP contribution is -2.24. The average molecular weight is 317 g/mol. The Bertz CT molecular complexity index is 692. The summed E-state index contributed by atoms with van der Waals surface area (Å²) in [4.78, 5) is 6.45. The van der Waals surface area contributed by atoms with Gasteiger partial charge in [0, 0.05) is 35.5 Å².